The van der Waals surface area contributed by atoms with E-state index in [9.17, 15) is 18.0 Å². The van der Waals surface area contributed by atoms with Gasteiger partial charge in [-0.05, 0) is 55.0 Å². The van der Waals surface area contributed by atoms with Gasteiger partial charge in [-0.15, -0.1) is 0 Å². The Labute approximate surface area is 216 Å². The van der Waals surface area contributed by atoms with Crippen LogP contribution in [0.1, 0.15) is 39.9 Å². The molecule has 5 nitrogen and oxygen atoms in total. The van der Waals surface area contributed by atoms with Crippen molar-refractivity contribution in [3.8, 4) is 11.9 Å². The van der Waals surface area contributed by atoms with Gasteiger partial charge in [0, 0.05) is 42.8 Å². The Bertz CT molecular complexity index is 1290. The highest BCUT2D eigenvalue weighted by atomic mass is 35.5. The van der Waals surface area contributed by atoms with E-state index in [1.54, 1.807) is 48.2 Å². The van der Waals surface area contributed by atoms with Crippen molar-refractivity contribution in [1.29, 1.82) is 5.26 Å². The van der Waals surface area contributed by atoms with Crippen molar-refractivity contribution in [1.82, 2.24) is 9.88 Å². The third-order valence-electron chi connectivity index (χ3n) is 6.26. The number of likely N-dealkylation sites (tertiary alicyclic amines) is 1. The average Bonchev–Trinajstić information content (AvgIpc) is 3.31. The van der Waals surface area contributed by atoms with E-state index in [2.05, 4.69) is 4.98 Å². The van der Waals surface area contributed by atoms with Crippen LogP contribution in [0.3, 0.4) is 0 Å². The lowest BCUT2D eigenvalue weighted by Gasteiger charge is -2.25. The average molecular weight is 534 g/mol. The molecular weight excluding hydrogens is 514 g/mol. The van der Waals surface area contributed by atoms with Gasteiger partial charge in [-0.1, -0.05) is 29.3 Å². The number of amides is 1. The fourth-order valence-electron chi connectivity index (χ4n) is 4.33. The first-order valence-corrected chi connectivity index (χ1v) is 11.8. The van der Waals surface area contributed by atoms with E-state index < -0.39 is 17.8 Å². The van der Waals surface area contributed by atoms with E-state index >= 15 is 0 Å². The number of rotatable bonds is 5. The van der Waals surface area contributed by atoms with Gasteiger partial charge in [0.25, 0.3) is 5.91 Å². The number of nitrogens with zero attached hydrogens (tertiary/aromatic N) is 3. The molecule has 2 aromatic carbocycles. The van der Waals surface area contributed by atoms with Gasteiger partial charge in [0.05, 0.1) is 27.2 Å². The predicted molar refractivity (Wildman–Crippen MR) is 129 cm³/mol. The van der Waals surface area contributed by atoms with Crippen molar-refractivity contribution in [2.45, 2.75) is 25.1 Å². The Morgan fingerprint density at radius 1 is 1.11 bits per heavy atom. The van der Waals surface area contributed by atoms with Crippen LogP contribution in [-0.2, 0) is 6.18 Å². The molecule has 0 unspecified atom stereocenters. The molecule has 1 aromatic heterocycles. The number of halogens is 5. The Morgan fingerprint density at radius 2 is 1.83 bits per heavy atom. The minimum Gasteiger partial charge on any atom is -0.474 e. The molecule has 1 fully saturated rings. The van der Waals surface area contributed by atoms with Gasteiger partial charge in [0.15, 0.2) is 0 Å². The lowest BCUT2D eigenvalue weighted by molar-refractivity contribution is -0.137. The zero-order chi connectivity index (χ0) is 26.0. The molecule has 1 aliphatic heterocycles. The number of benzene rings is 2. The molecule has 1 saturated heterocycles. The Balaban J connectivity index is 1.59. The first-order valence-electron chi connectivity index (χ1n) is 11.0. The second-order valence-electron chi connectivity index (χ2n) is 8.55. The minimum atomic E-state index is -4.49. The maximum atomic E-state index is 13.2. The topological polar surface area (TPSA) is 66.2 Å². The molecule has 0 aliphatic carbocycles. The van der Waals surface area contributed by atoms with Gasteiger partial charge in [0.1, 0.15) is 6.10 Å². The van der Waals surface area contributed by atoms with E-state index in [1.807, 2.05) is 12.1 Å². The molecule has 1 amide bonds. The minimum absolute atomic E-state index is 0.0558. The molecule has 3 aromatic rings. The molecule has 2 heterocycles. The van der Waals surface area contributed by atoms with Crippen LogP contribution in [-0.4, -0.2) is 35.0 Å². The van der Waals surface area contributed by atoms with Crippen LogP contribution in [0.2, 0.25) is 10.0 Å². The second-order valence-corrected chi connectivity index (χ2v) is 9.36. The van der Waals surface area contributed by atoms with Gasteiger partial charge in [0.2, 0.25) is 5.88 Å². The summed E-state index contributed by atoms with van der Waals surface area (Å²) in [7, 11) is 0. The second kappa shape index (κ2) is 10.4. The summed E-state index contributed by atoms with van der Waals surface area (Å²) in [5.41, 5.74) is 0.891. The van der Waals surface area contributed by atoms with Gasteiger partial charge in [-0.2, -0.15) is 18.4 Å². The fourth-order valence-corrected chi connectivity index (χ4v) is 4.64. The van der Waals surface area contributed by atoms with E-state index in [-0.39, 0.29) is 23.6 Å². The Kier molecular flexibility index (Phi) is 7.43. The van der Waals surface area contributed by atoms with Gasteiger partial charge >= 0.3 is 6.18 Å². The van der Waals surface area contributed by atoms with Crippen LogP contribution >= 0.6 is 23.2 Å². The van der Waals surface area contributed by atoms with E-state index in [4.69, 9.17) is 33.2 Å². The third kappa shape index (κ3) is 5.58. The first kappa shape index (κ1) is 25.8. The highest BCUT2D eigenvalue weighted by molar-refractivity contribution is 6.42. The quantitative estimate of drug-likeness (QED) is 0.370. The number of hydrogen-bond acceptors (Lipinski definition) is 4. The van der Waals surface area contributed by atoms with Crippen molar-refractivity contribution in [3.05, 3.63) is 93.1 Å². The van der Waals surface area contributed by atoms with Crippen LogP contribution in [0.5, 0.6) is 5.88 Å². The predicted octanol–water partition coefficient (Wildman–Crippen LogP) is 6.60. The SMILES string of the molecule is C[C@H](Oc1ccc(C(F)(F)F)cn1)[C@@H]1CN(C(=O)c2ccc(C#N)cc2)C[C@@H]1c1ccc(Cl)c(Cl)c1. The molecule has 0 N–H and O–H groups in total. The van der Waals surface area contributed by atoms with E-state index in [1.165, 1.54) is 6.07 Å². The maximum absolute atomic E-state index is 13.2. The largest absolute Gasteiger partial charge is 0.474 e. The number of hydrogen-bond donors (Lipinski definition) is 0. The third-order valence-corrected chi connectivity index (χ3v) is 7.00. The number of carbonyl (C=O) groups excluding carboxylic acids is 1. The number of ether oxygens (including phenoxy) is 1. The normalized spacial score (nSPS) is 18.5. The van der Waals surface area contributed by atoms with E-state index in [0.717, 1.165) is 17.8 Å². The molecular formula is C26H20Cl2F3N3O2. The Morgan fingerprint density at radius 3 is 2.42 bits per heavy atom. The van der Waals surface area contributed by atoms with Crippen LogP contribution in [0.4, 0.5) is 13.2 Å². The number of pyridine rings is 1. The molecule has 3 atom stereocenters. The molecule has 186 valence electrons. The van der Waals surface area contributed by atoms with Crippen molar-refractivity contribution in [3.63, 3.8) is 0 Å². The van der Waals surface area contributed by atoms with Gasteiger partial charge in [-0.25, -0.2) is 4.98 Å². The number of nitriles is 1. The first-order chi connectivity index (χ1) is 17.1. The summed E-state index contributed by atoms with van der Waals surface area (Å²) in [4.78, 5) is 18.7. The van der Waals surface area contributed by atoms with Crippen molar-refractivity contribution >= 4 is 29.1 Å². The van der Waals surface area contributed by atoms with Crippen LogP contribution in [0.15, 0.2) is 60.8 Å². The Hall–Kier alpha value is -3.28. The molecule has 0 saturated carbocycles. The number of aromatic nitrogens is 1. The summed E-state index contributed by atoms with van der Waals surface area (Å²) < 4.78 is 44.5. The lowest BCUT2D eigenvalue weighted by Crippen LogP contribution is -2.32. The highest BCUT2D eigenvalue weighted by Gasteiger charge is 2.40. The fraction of sp³-hybridized carbons (Fsp3) is 0.269. The molecule has 0 spiro atoms. The van der Waals surface area contributed by atoms with Crippen molar-refractivity contribution in [2.24, 2.45) is 5.92 Å². The zero-order valence-electron chi connectivity index (χ0n) is 19.0. The molecule has 4 rings (SSSR count). The summed E-state index contributed by atoms with van der Waals surface area (Å²) in [6, 6.07) is 15.8. The smallest absolute Gasteiger partial charge is 0.417 e. The monoisotopic (exact) mass is 533 g/mol. The zero-order valence-corrected chi connectivity index (χ0v) is 20.5. The van der Waals surface area contributed by atoms with Crippen molar-refractivity contribution < 1.29 is 22.7 Å². The summed E-state index contributed by atoms with van der Waals surface area (Å²) in [5, 5.41) is 9.79. The maximum Gasteiger partial charge on any atom is 0.417 e. The van der Waals surface area contributed by atoms with Crippen LogP contribution < -0.4 is 4.74 Å². The van der Waals surface area contributed by atoms with Crippen LogP contribution in [0, 0.1) is 17.2 Å². The molecule has 1 aliphatic rings. The lowest BCUT2D eigenvalue weighted by atomic mass is 9.86. The highest BCUT2D eigenvalue weighted by Crippen LogP contribution is 2.39. The van der Waals surface area contributed by atoms with Crippen LogP contribution in [0.25, 0.3) is 0 Å². The molecule has 0 bridgehead atoms. The van der Waals surface area contributed by atoms with Crippen molar-refractivity contribution in [2.75, 3.05) is 13.1 Å². The summed E-state index contributed by atoms with van der Waals surface area (Å²) in [6.45, 7) is 2.51. The van der Waals surface area contributed by atoms with Gasteiger partial charge < -0.3 is 9.64 Å². The molecule has 10 heteroatoms. The number of carbonyl (C=O) groups is 1. The summed E-state index contributed by atoms with van der Waals surface area (Å²) in [6.07, 6.45) is -4.26. The summed E-state index contributed by atoms with van der Waals surface area (Å²) in [5.74, 6) is -0.535. The molecule has 36 heavy (non-hydrogen) atoms. The van der Waals surface area contributed by atoms with Gasteiger partial charge in [-0.3, -0.25) is 4.79 Å². The standard InChI is InChI=1S/C26H20Cl2F3N3O2/c1-15(36-24-9-7-19(12-33-24)26(29,30)31)20-13-34(25(35)17-4-2-16(11-32)3-5-17)14-21(20)18-6-8-22(27)23(28)10-18/h2-10,12,15,20-21H,13-14H2,1H3/t15-,20-,21+/m0/s1. The summed E-state index contributed by atoms with van der Waals surface area (Å²) >= 11 is 12.3. The van der Waals surface area contributed by atoms with E-state index in [0.29, 0.717) is 34.3 Å². The molecule has 0 radical (unpaired) electrons. The number of alkyl halides is 3.